The molecule has 0 spiro atoms. The molecule has 0 aliphatic heterocycles. The number of nitrogens with one attached hydrogen (secondary N) is 1. The second-order valence-corrected chi connectivity index (χ2v) is 5.01. The molecule has 18 heavy (non-hydrogen) atoms. The average Bonchev–Trinajstić information content (AvgIpc) is 2.76. The summed E-state index contributed by atoms with van der Waals surface area (Å²) in [5, 5.41) is 12.3. The molecule has 1 heterocycles. The fraction of sp³-hybridized carbons (Fsp3) is 0.333. The van der Waals surface area contributed by atoms with Gasteiger partial charge in [-0.15, -0.1) is 10.2 Å². The minimum atomic E-state index is 0.688. The van der Waals surface area contributed by atoms with E-state index < -0.39 is 0 Å². The highest BCUT2D eigenvalue weighted by molar-refractivity contribution is 9.10. The van der Waals surface area contributed by atoms with Gasteiger partial charge in [0.25, 0.3) is 0 Å². The first-order chi connectivity index (χ1) is 8.67. The largest absolute Gasteiger partial charge is 0.355 e. The van der Waals surface area contributed by atoms with E-state index in [1.165, 1.54) is 0 Å². The standard InChI is InChI=1S/C12H14BrClN4/c1-3-15-12-17-16-11(18(12)4-2)8-5-6-10(14)9(13)7-8/h5-7H,3-4H2,1-2H3,(H,15,17). The molecule has 0 radical (unpaired) electrons. The number of benzene rings is 1. The van der Waals surface area contributed by atoms with E-state index in [1.807, 2.05) is 29.7 Å². The first kappa shape index (κ1) is 13.4. The van der Waals surface area contributed by atoms with Crippen molar-refractivity contribution in [3.05, 3.63) is 27.7 Å². The molecule has 1 N–H and O–H groups in total. The van der Waals surface area contributed by atoms with Gasteiger partial charge in [-0.05, 0) is 48.0 Å². The van der Waals surface area contributed by atoms with Gasteiger partial charge in [0, 0.05) is 23.1 Å². The van der Waals surface area contributed by atoms with E-state index in [2.05, 4.69) is 38.4 Å². The van der Waals surface area contributed by atoms with E-state index in [-0.39, 0.29) is 0 Å². The summed E-state index contributed by atoms with van der Waals surface area (Å²) in [6, 6.07) is 5.75. The van der Waals surface area contributed by atoms with Gasteiger partial charge in [-0.25, -0.2) is 0 Å². The van der Waals surface area contributed by atoms with E-state index in [9.17, 15) is 0 Å². The van der Waals surface area contributed by atoms with Gasteiger partial charge >= 0.3 is 0 Å². The van der Waals surface area contributed by atoms with Crippen molar-refractivity contribution in [1.82, 2.24) is 14.8 Å². The minimum Gasteiger partial charge on any atom is -0.355 e. The zero-order valence-corrected chi connectivity index (χ0v) is 12.6. The lowest BCUT2D eigenvalue weighted by molar-refractivity contribution is 0.770. The molecule has 0 aliphatic rings. The van der Waals surface area contributed by atoms with Crippen LogP contribution in [0.25, 0.3) is 11.4 Å². The smallest absolute Gasteiger partial charge is 0.224 e. The van der Waals surface area contributed by atoms with Crippen molar-refractivity contribution in [3.8, 4) is 11.4 Å². The molecule has 0 bridgehead atoms. The van der Waals surface area contributed by atoms with Crippen molar-refractivity contribution >= 4 is 33.5 Å². The predicted octanol–water partition coefficient (Wildman–Crippen LogP) is 3.81. The van der Waals surface area contributed by atoms with E-state index in [1.54, 1.807) is 0 Å². The zero-order valence-electron chi connectivity index (χ0n) is 10.2. The van der Waals surface area contributed by atoms with Crippen LogP contribution >= 0.6 is 27.5 Å². The molecule has 1 aromatic carbocycles. The van der Waals surface area contributed by atoms with Gasteiger partial charge in [0.15, 0.2) is 5.82 Å². The Hall–Kier alpha value is -1.07. The topological polar surface area (TPSA) is 42.7 Å². The van der Waals surface area contributed by atoms with Gasteiger partial charge in [-0.1, -0.05) is 11.6 Å². The van der Waals surface area contributed by atoms with Crippen molar-refractivity contribution in [2.45, 2.75) is 20.4 Å². The molecule has 4 nitrogen and oxygen atoms in total. The van der Waals surface area contributed by atoms with Crippen LogP contribution in [0.5, 0.6) is 0 Å². The summed E-state index contributed by atoms with van der Waals surface area (Å²) in [6.45, 7) is 5.74. The highest BCUT2D eigenvalue weighted by Crippen LogP contribution is 2.28. The Labute approximate surface area is 119 Å². The molecule has 0 amide bonds. The quantitative estimate of drug-likeness (QED) is 0.927. The van der Waals surface area contributed by atoms with Crippen LogP contribution in [0.3, 0.4) is 0 Å². The summed E-state index contributed by atoms with van der Waals surface area (Å²) in [5.41, 5.74) is 0.991. The lowest BCUT2D eigenvalue weighted by atomic mass is 10.2. The molecule has 0 unspecified atom stereocenters. The summed E-state index contributed by atoms with van der Waals surface area (Å²) in [7, 11) is 0. The Morgan fingerprint density at radius 2 is 2.11 bits per heavy atom. The van der Waals surface area contributed by atoms with E-state index in [4.69, 9.17) is 11.6 Å². The summed E-state index contributed by atoms with van der Waals surface area (Å²) in [6.07, 6.45) is 0. The number of hydrogen-bond acceptors (Lipinski definition) is 3. The summed E-state index contributed by atoms with van der Waals surface area (Å²) in [4.78, 5) is 0. The molecule has 6 heteroatoms. The van der Waals surface area contributed by atoms with Gasteiger partial charge in [0.2, 0.25) is 5.95 Å². The van der Waals surface area contributed by atoms with Gasteiger partial charge in [-0.3, -0.25) is 4.57 Å². The lowest BCUT2D eigenvalue weighted by Crippen LogP contribution is -2.06. The third kappa shape index (κ3) is 2.52. The fourth-order valence-corrected chi connectivity index (χ4v) is 2.24. The van der Waals surface area contributed by atoms with Crippen molar-refractivity contribution in [2.24, 2.45) is 0 Å². The molecular weight excluding hydrogens is 316 g/mol. The number of anilines is 1. The van der Waals surface area contributed by atoms with E-state index >= 15 is 0 Å². The molecule has 0 fully saturated rings. The van der Waals surface area contributed by atoms with Crippen LogP contribution in [0.4, 0.5) is 5.95 Å². The third-order valence-corrected chi connectivity index (χ3v) is 3.79. The molecule has 0 atom stereocenters. The van der Waals surface area contributed by atoms with Crippen LogP contribution in [0.1, 0.15) is 13.8 Å². The zero-order chi connectivity index (χ0) is 13.1. The van der Waals surface area contributed by atoms with Gasteiger partial charge in [-0.2, -0.15) is 0 Å². The number of nitrogens with zero attached hydrogens (tertiary/aromatic N) is 3. The van der Waals surface area contributed by atoms with Gasteiger partial charge in [0.1, 0.15) is 0 Å². The number of aromatic nitrogens is 3. The molecular formula is C12H14BrClN4. The molecule has 0 aliphatic carbocycles. The molecule has 2 aromatic rings. The second kappa shape index (κ2) is 5.71. The van der Waals surface area contributed by atoms with Crippen LogP contribution in [0.15, 0.2) is 22.7 Å². The van der Waals surface area contributed by atoms with Crippen LogP contribution in [0.2, 0.25) is 5.02 Å². The van der Waals surface area contributed by atoms with E-state index in [0.717, 1.165) is 34.9 Å². The molecule has 0 saturated carbocycles. The van der Waals surface area contributed by atoms with E-state index in [0.29, 0.717) is 5.02 Å². The average molecular weight is 330 g/mol. The monoisotopic (exact) mass is 328 g/mol. The first-order valence-corrected chi connectivity index (χ1v) is 6.97. The Kier molecular flexibility index (Phi) is 4.24. The molecule has 0 saturated heterocycles. The third-order valence-electron chi connectivity index (χ3n) is 2.58. The van der Waals surface area contributed by atoms with Crippen molar-refractivity contribution in [3.63, 3.8) is 0 Å². The highest BCUT2D eigenvalue weighted by atomic mass is 79.9. The number of halogens is 2. The lowest BCUT2D eigenvalue weighted by Gasteiger charge is -2.08. The normalized spacial score (nSPS) is 10.7. The Morgan fingerprint density at radius 3 is 2.72 bits per heavy atom. The Morgan fingerprint density at radius 1 is 1.33 bits per heavy atom. The fourth-order valence-electron chi connectivity index (χ4n) is 1.74. The molecule has 1 aromatic heterocycles. The highest BCUT2D eigenvalue weighted by Gasteiger charge is 2.12. The molecule has 96 valence electrons. The van der Waals surface area contributed by atoms with Gasteiger partial charge in [0.05, 0.1) is 5.02 Å². The maximum Gasteiger partial charge on any atom is 0.224 e. The minimum absolute atomic E-state index is 0.688. The SMILES string of the molecule is CCNc1nnc(-c2ccc(Cl)c(Br)c2)n1CC. The Balaban J connectivity index is 2.46. The maximum atomic E-state index is 5.99. The van der Waals surface area contributed by atoms with Crippen LogP contribution in [-0.2, 0) is 6.54 Å². The first-order valence-electron chi connectivity index (χ1n) is 5.79. The number of rotatable bonds is 4. The van der Waals surface area contributed by atoms with Crippen LogP contribution in [-0.4, -0.2) is 21.3 Å². The van der Waals surface area contributed by atoms with Crippen LogP contribution in [0, 0.1) is 0 Å². The predicted molar refractivity (Wildman–Crippen MR) is 78.0 cm³/mol. The second-order valence-electron chi connectivity index (χ2n) is 3.75. The molecule has 2 rings (SSSR count). The summed E-state index contributed by atoms with van der Waals surface area (Å²) >= 11 is 9.42. The Bertz CT molecular complexity index is 553. The van der Waals surface area contributed by atoms with Crippen molar-refractivity contribution in [2.75, 3.05) is 11.9 Å². The number of hydrogen-bond donors (Lipinski definition) is 1. The van der Waals surface area contributed by atoms with Crippen LogP contribution < -0.4 is 5.32 Å². The summed E-state index contributed by atoms with van der Waals surface area (Å²) < 4.78 is 2.90. The van der Waals surface area contributed by atoms with Crippen molar-refractivity contribution < 1.29 is 0 Å². The summed E-state index contributed by atoms with van der Waals surface area (Å²) in [5.74, 6) is 1.63. The van der Waals surface area contributed by atoms with Gasteiger partial charge < -0.3 is 5.32 Å². The maximum absolute atomic E-state index is 5.99. The van der Waals surface area contributed by atoms with Crippen molar-refractivity contribution in [1.29, 1.82) is 0 Å².